The first-order valence-corrected chi connectivity index (χ1v) is 8.08. The molecule has 2 aliphatic carbocycles. The molecule has 1 heterocycles. The zero-order valence-corrected chi connectivity index (χ0v) is 13.2. The Labute approximate surface area is 127 Å². The molecule has 2 aromatic rings. The van der Waals surface area contributed by atoms with Gasteiger partial charge < -0.3 is 10.3 Å². The van der Waals surface area contributed by atoms with E-state index in [1.807, 2.05) is 0 Å². The Bertz CT molecular complexity index is 681. The molecule has 0 amide bonds. The second-order valence-corrected chi connectivity index (χ2v) is 6.90. The average molecular weight is 332 g/mol. The summed E-state index contributed by atoms with van der Waals surface area (Å²) < 4.78 is 3.44. The lowest BCUT2D eigenvalue weighted by atomic mass is 10.1. The highest BCUT2D eigenvalue weighted by Gasteiger charge is 2.36. The zero-order valence-electron chi connectivity index (χ0n) is 11.6. The summed E-state index contributed by atoms with van der Waals surface area (Å²) in [6.07, 6.45) is 5.03. The number of nitrogens with two attached hydrogens (primary N) is 1. The van der Waals surface area contributed by atoms with Gasteiger partial charge in [-0.15, -0.1) is 0 Å². The molecule has 2 fully saturated rings. The smallest absolute Gasteiger partial charge is 0.132 e. The molecule has 2 N–H and O–H groups in total. The number of nitrogens with zero attached hydrogens (tertiary/aromatic N) is 2. The topological polar surface area (TPSA) is 43.8 Å². The molecule has 0 bridgehead atoms. The molecule has 104 valence electrons. The van der Waals surface area contributed by atoms with Crippen molar-refractivity contribution in [2.45, 2.75) is 44.6 Å². The van der Waals surface area contributed by atoms with E-state index in [4.69, 9.17) is 10.7 Å². The van der Waals surface area contributed by atoms with E-state index in [1.165, 1.54) is 37.1 Å². The molecule has 0 radical (unpaired) electrons. The summed E-state index contributed by atoms with van der Waals surface area (Å²) in [5.41, 5.74) is 9.73. The van der Waals surface area contributed by atoms with Crippen molar-refractivity contribution in [3.05, 3.63) is 34.1 Å². The number of hydrogen-bond acceptors (Lipinski definition) is 2. The zero-order chi connectivity index (χ0) is 13.9. The summed E-state index contributed by atoms with van der Waals surface area (Å²) in [5, 5.41) is 0. The van der Waals surface area contributed by atoms with Crippen molar-refractivity contribution in [3.63, 3.8) is 0 Å². The third-order valence-corrected chi connectivity index (χ3v) is 5.15. The van der Waals surface area contributed by atoms with E-state index < -0.39 is 0 Å². The summed E-state index contributed by atoms with van der Waals surface area (Å²) in [6.45, 7) is 2.10. The fourth-order valence-electron chi connectivity index (χ4n) is 2.81. The number of benzene rings is 1. The minimum atomic E-state index is 0.600. The van der Waals surface area contributed by atoms with Crippen molar-refractivity contribution in [2.75, 3.05) is 5.73 Å². The van der Waals surface area contributed by atoms with Gasteiger partial charge in [-0.1, -0.05) is 22.0 Å². The molecule has 1 aromatic carbocycles. The first-order chi connectivity index (χ1) is 9.65. The molecule has 2 aliphatic rings. The predicted molar refractivity (Wildman–Crippen MR) is 84.8 cm³/mol. The Morgan fingerprint density at radius 3 is 2.60 bits per heavy atom. The number of rotatable bonds is 3. The quantitative estimate of drug-likeness (QED) is 0.904. The van der Waals surface area contributed by atoms with Gasteiger partial charge in [0.2, 0.25) is 0 Å². The summed E-state index contributed by atoms with van der Waals surface area (Å²) in [7, 11) is 0. The predicted octanol–water partition coefficient (Wildman–Crippen LogP) is 4.42. The van der Waals surface area contributed by atoms with E-state index in [1.54, 1.807) is 0 Å². The maximum atomic E-state index is 6.42. The van der Waals surface area contributed by atoms with Crippen molar-refractivity contribution < 1.29 is 0 Å². The van der Waals surface area contributed by atoms with Crippen LogP contribution in [-0.4, -0.2) is 9.55 Å². The average Bonchev–Trinajstić information content (AvgIpc) is 3.32. The van der Waals surface area contributed by atoms with Crippen molar-refractivity contribution in [1.82, 2.24) is 9.55 Å². The summed E-state index contributed by atoms with van der Waals surface area (Å²) in [6, 6.07) is 6.95. The minimum absolute atomic E-state index is 0.600. The Hall–Kier alpha value is -1.29. The van der Waals surface area contributed by atoms with E-state index in [0.717, 1.165) is 21.5 Å². The summed E-state index contributed by atoms with van der Waals surface area (Å²) >= 11 is 3.55. The van der Waals surface area contributed by atoms with Gasteiger partial charge in [0.25, 0.3) is 0 Å². The standard InChI is InChI=1S/C16H18BrN3/c1-9-8-11(4-7-13(9)17)14-15(18)20(12-5-6-12)16(19-14)10-2-3-10/h4,7-8,10,12H,2-3,5-6,18H2,1H3. The van der Waals surface area contributed by atoms with Crippen molar-refractivity contribution in [2.24, 2.45) is 0 Å². The van der Waals surface area contributed by atoms with Crippen LogP contribution in [0.1, 0.15) is 49.0 Å². The normalized spacial score (nSPS) is 18.5. The molecule has 0 atom stereocenters. The van der Waals surface area contributed by atoms with Crippen LogP contribution in [-0.2, 0) is 0 Å². The van der Waals surface area contributed by atoms with Gasteiger partial charge in [0.1, 0.15) is 17.3 Å². The second kappa shape index (κ2) is 4.35. The van der Waals surface area contributed by atoms with Crippen LogP contribution in [0.15, 0.2) is 22.7 Å². The molecule has 0 aliphatic heterocycles. The Balaban J connectivity index is 1.84. The number of hydrogen-bond donors (Lipinski definition) is 1. The summed E-state index contributed by atoms with van der Waals surface area (Å²) in [4.78, 5) is 4.90. The highest BCUT2D eigenvalue weighted by Crippen LogP contribution is 2.48. The molecule has 0 saturated heterocycles. The van der Waals surface area contributed by atoms with Gasteiger partial charge in [-0.25, -0.2) is 4.98 Å². The summed E-state index contributed by atoms with van der Waals surface area (Å²) in [5.74, 6) is 2.72. The molecule has 1 aromatic heterocycles. The molecular weight excluding hydrogens is 314 g/mol. The largest absolute Gasteiger partial charge is 0.383 e. The van der Waals surface area contributed by atoms with Crippen LogP contribution < -0.4 is 5.73 Å². The minimum Gasteiger partial charge on any atom is -0.383 e. The van der Waals surface area contributed by atoms with Gasteiger partial charge >= 0.3 is 0 Å². The molecular formula is C16H18BrN3. The maximum absolute atomic E-state index is 6.42. The van der Waals surface area contributed by atoms with Gasteiger partial charge in [-0.05, 0) is 50.3 Å². The molecule has 4 heteroatoms. The fourth-order valence-corrected chi connectivity index (χ4v) is 3.06. The van der Waals surface area contributed by atoms with Crippen LogP contribution in [0.4, 0.5) is 5.82 Å². The molecule has 3 nitrogen and oxygen atoms in total. The van der Waals surface area contributed by atoms with Crippen LogP contribution >= 0.6 is 15.9 Å². The van der Waals surface area contributed by atoms with E-state index in [9.17, 15) is 0 Å². The van der Waals surface area contributed by atoms with E-state index in [-0.39, 0.29) is 0 Å². The Kier molecular flexibility index (Phi) is 2.71. The lowest BCUT2D eigenvalue weighted by molar-refractivity contribution is 0.691. The van der Waals surface area contributed by atoms with Gasteiger partial charge in [-0.2, -0.15) is 0 Å². The monoisotopic (exact) mass is 331 g/mol. The number of aryl methyl sites for hydroxylation is 1. The Morgan fingerprint density at radius 1 is 1.25 bits per heavy atom. The van der Waals surface area contributed by atoms with E-state index in [2.05, 4.69) is 45.6 Å². The van der Waals surface area contributed by atoms with Crippen LogP contribution in [0.2, 0.25) is 0 Å². The van der Waals surface area contributed by atoms with Gasteiger partial charge in [0.05, 0.1) is 0 Å². The van der Waals surface area contributed by atoms with Crippen LogP contribution in [0.25, 0.3) is 11.3 Å². The van der Waals surface area contributed by atoms with Crippen LogP contribution in [0.3, 0.4) is 0 Å². The van der Waals surface area contributed by atoms with Crippen molar-refractivity contribution in [1.29, 1.82) is 0 Å². The number of nitrogen functional groups attached to an aromatic ring is 1. The number of aromatic nitrogens is 2. The lowest BCUT2D eigenvalue weighted by Crippen LogP contribution is -2.04. The molecule has 0 spiro atoms. The first kappa shape index (κ1) is 12.5. The molecule has 2 saturated carbocycles. The third kappa shape index (κ3) is 1.97. The van der Waals surface area contributed by atoms with Gasteiger partial charge in [0.15, 0.2) is 0 Å². The Morgan fingerprint density at radius 2 is 2.00 bits per heavy atom. The lowest BCUT2D eigenvalue weighted by Gasteiger charge is -2.07. The first-order valence-electron chi connectivity index (χ1n) is 7.29. The molecule has 4 rings (SSSR count). The van der Waals surface area contributed by atoms with Crippen LogP contribution in [0.5, 0.6) is 0 Å². The van der Waals surface area contributed by atoms with Gasteiger partial charge in [0, 0.05) is 22.0 Å². The van der Waals surface area contributed by atoms with Gasteiger partial charge in [-0.3, -0.25) is 0 Å². The highest BCUT2D eigenvalue weighted by atomic mass is 79.9. The number of halogens is 1. The maximum Gasteiger partial charge on any atom is 0.132 e. The molecule has 20 heavy (non-hydrogen) atoms. The van der Waals surface area contributed by atoms with Crippen molar-refractivity contribution >= 4 is 21.7 Å². The van der Waals surface area contributed by atoms with E-state index >= 15 is 0 Å². The van der Waals surface area contributed by atoms with E-state index in [0.29, 0.717) is 12.0 Å². The van der Waals surface area contributed by atoms with Crippen LogP contribution in [0, 0.1) is 6.92 Å². The fraction of sp³-hybridized carbons (Fsp3) is 0.438. The van der Waals surface area contributed by atoms with Crippen molar-refractivity contribution in [3.8, 4) is 11.3 Å². The highest BCUT2D eigenvalue weighted by molar-refractivity contribution is 9.10. The second-order valence-electron chi connectivity index (χ2n) is 6.04. The SMILES string of the molecule is Cc1cc(-c2nc(C3CC3)n(C3CC3)c2N)ccc1Br. The number of anilines is 1. The number of imidazole rings is 1. The molecule has 0 unspecified atom stereocenters. The third-order valence-electron chi connectivity index (χ3n) is 4.26.